The van der Waals surface area contributed by atoms with Crippen LogP contribution >= 0.6 is 0 Å². The summed E-state index contributed by atoms with van der Waals surface area (Å²) in [6, 6.07) is 13.5. The molecule has 0 saturated heterocycles. The van der Waals surface area contributed by atoms with Gasteiger partial charge in [-0.3, -0.25) is 4.79 Å². The lowest BCUT2D eigenvalue weighted by Gasteiger charge is -2.09. The van der Waals surface area contributed by atoms with Gasteiger partial charge in [0.05, 0.1) is 11.3 Å². The number of aromatic carboxylic acids is 1. The molecule has 0 unspecified atom stereocenters. The summed E-state index contributed by atoms with van der Waals surface area (Å²) in [5, 5.41) is 11.7. The fourth-order valence-corrected chi connectivity index (χ4v) is 1.80. The van der Waals surface area contributed by atoms with E-state index in [4.69, 9.17) is 5.11 Å². The van der Waals surface area contributed by atoms with Gasteiger partial charge in [-0.15, -0.1) is 0 Å². The van der Waals surface area contributed by atoms with Crippen LogP contribution in [0.1, 0.15) is 26.3 Å². The molecule has 2 N–H and O–H groups in total. The van der Waals surface area contributed by atoms with E-state index in [1.54, 1.807) is 30.3 Å². The highest BCUT2D eigenvalue weighted by molar-refractivity contribution is 6.08. The average Bonchev–Trinajstić information content (AvgIpc) is 2.39. The minimum absolute atomic E-state index is 0.0736. The zero-order chi connectivity index (χ0) is 13.8. The van der Waals surface area contributed by atoms with Crippen molar-refractivity contribution < 1.29 is 14.7 Å². The van der Waals surface area contributed by atoms with Crippen molar-refractivity contribution >= 4 is 17.6 Å². The number of carbonyl (C=O) groups is 2. The topological polar surface area (TPSA) is 66.4 Å². The van der Waals surface area contributed by atoms with Gasteiger partial charge in [-0.2, -0.15) is 0 Å². The van der Waals surface area contributed by atoms with Gasteiger partial charge in [-0.25, -0.2) is 4.79 Å². The zero-order valence-corrected chi connectivity index (χ0v) is 10.4. The molecule has 0 aromatic heterocycles. The number of nitrogens with one attached hydrogen (secondary N) is 1. The number of amides is 1. The molecule has 0 radical (unpaired) electrons. The van der Waals surface area contributed by atoms with Crippen molar-refractivity contribution in [1.82, 2.24) is 0 Å². The Morgan fingerprint density at radius 1 is 0.947 bits per heavy atom. The Balaban J connectivity index is 2.30. The van der Waals surface area contributed by atoms with Gasteiger partial charge >= 0.3 is 5.97 Å². The number of anilines is 1. The van der Waals surface area contributed by atoms with Crippen LogP contribution in [0.15, 0.2) is 48.5 Å². The predicted octanol–water partition coefficient (Wildman–Crippen LogP) is 2.95. The molecule has 1 amide bonds. The van der Waals surface area contributed by atoms with E-state index in [-0.39, 0.29) is 11.5 Å². The number of carbonyl (C=O) groups excluding carboxylic acids is 1. The summed E-state index contributed by atoms with van der Waals surface area (Å²) >= 11 is 0. The molecule has 19 heavy (non-hydrogen) atoms. The van der Waals surface area contributed by atoms with Crippen molar-refractivity contribution in [3.05, 3.63) is 65.2 Å². The smallest absolute Gasteiger partial charge is 0.337 e. The van der Waals surface area contributed by atoms with Crippen LogP contribution in [0.5, 0.6) is 0 Å². The van der Waals surface area contributed by atoms with Crippen molar-refractivity contribution in [2.45, 2.75) is 6.92 Å². The van der Waals surface area contributed by atoms with Crippen LogP contribution in [0.25, 0.3) is 0 Å². The van der Waals surface area contributed by atoms with E-state index >= 15 is 0 Å². The molecule has 0 heterocycles. The van der Waals surface area contributed by atoms with E-state index in [2.05, 4.69) is 5.32 Å². The molecule has 0 saturated carbocycles. The Hall–Kier alpha value is -2.62. The van der Waals surface area contributed by atoms with Crippen LogP contribution in [-0.2, 0) is 0 Å². The predicted molar refractivity (Wildman–Crippen MR) is 72.5 cm³/mol. The van der Waals surface area contributed by atoms with E-state index in [1.165, 1.54) is 6.07 Å². The van der Waals surface area contributed by atoms with E-state index in [1.807, 2.05) is 19.1 Å². The number of benzene rings is 2. The van der Waals surface area contributed by atoms with Crippen molar-refractivity contribution in [1.29, 1.82) is 0 Å². The molecule has 2 aromatic carbocycles. The highest BCUT2D eigenvalue weighted by Crippen LogP contribution is 2.17. The third-order valence-corrected chi connectivity index (χ3v) is 2.80. The number of hydrogen-bond acceptors (Lipinski definition) is 2. The van der Waals surface area contributed by atoms with E-state index < -0.39 is 5.97 Å². The lowest BCUT2D eigenvalue weighted by molar-refractivity contribution is 0.0698. The molecule has 0 spiro atoms. The first-order valence-electron chi connectivity index (χ1n) is 5.79. The van der Waals surface area contributed by atoms with Crippen LogP contribution in [0.4, 0.5) is 5.69 Å². The fourth-order valence-electron chi connectivity index (χ4n) is 1.80. The minimum atomic E-state index is -1.07. The quantitative estimate of drug-likeness (QED) is 0.886. The van der Waals surface area contributed by atoms with Crippen LogP contribution in [0, 0.1) is 6.92 Å². The third-order valence-electron chi connectivity index (χ3n) is 2.80. The molecule has 0 fully saturated rings. The highest BCUT2D eigenvalue weighted by Gasteiger charge is 2.13. The van der Waals surface area contributed by atoms with E-state index in [9.17, 15) is 9.59 Å². The van der Waals surface area contributed by atoms with Gasteiger partial charge in [-0.1, -0.05) is 30.3 Å². The summed E-state index contributed by atoms with van der Waals surface area (Å²) in [5.41, 5.74) is 1.74. The number of carboxylic acid groups (broad SMARTS) is 1. The molecule has 2 rings (SSSR count). The van der Waals surface area contributed by atoms with Gasteiger partial charge in [0, 0.05) is 5.56 Å². The highest BCUT2D eigenvalue weighted by atomic mass is 16.4. The largest absolute Gasteiger partial charge is 0.478 e. The maximum Gasteiger partial charge on any atom is 0.337 e. The Morgan fingerprint density at radius 3 is 2.16 bits per heavy atom. The molecule has 0 aliphatic carbocycles. The van der Waals surface area contributed by atoms with Crippen LogP contribution < -0.4 is 5.32 Å². The molecule has 2 aromatic rings. The first-order valence-corrected chi connectivity index (χ1v) is 5.79. The van der Waals surface area contributed by atoms with Gasteiger partial charge in [0.2, 0.25) is 0 Å². The Morgan fingerprint density at radius 2 is 1.53 bits per heavy atom. The second kappa shape index (κ2) is 5.35. The lowest BCUT2D eigenvalue weighted by atomic mass is 10.1. The van der Waals surface area contributed by atoms with Crippen molar-refractivity contribution in [2.75, 3.05) is 5.32 Å². The number of carboxylic acids is 1. The maximum absolute atomic E-state index is 12.1. The summed E-state index contributed by atoms with van der Waals surface area (Å²) in [6.07, 6.45) is 0. The summed E-state index contributed by atoms with van der Waals surface area (Å²) in [7, 11) is 0. The van der Waals surface area contributed by atoms with E-state index in [0.717, 1.165) is 5.56 Å². The minimum Gasteiger partial charge on any atom is -0.478 e. The summed E-state index contributed by atoms with van der Waals surface area (Å²) in [6.45, 7) is 1.83. The lowest BCUT2D eigenvalue weighted by Crippen LogP contribution is -2.15. The van der Waals surface area contributed by atoms with Gasteiger partial charge in [0.25, 0.3) is 5.91 Å². The number of rotatable bonds is 3. The van der Waals surface area contributed by atoms with E-state index in [0.29, 0.717) is 11.3 Å². The Kier molecular flexibility index (Phi) is 3.61. The fraction of sp³-hybridized carbons (Fsp3) is 0.0667. The van der Waals surface area contributed by atoms with Crippen molar-refractivity contribution in [3.8, 4) is 0 Å². The Labute approximate surface area is 110 Å². The molecule has 0 aliphatic rings. The molecule has 0 bridgehead atoms. The molecular weight excluding hydrogens is 242 g/mol. The normalized spacial score (nSPS) is 9.95. The standard InChI is InChI=1S/C15H13NO3/c1-10-6-2-3-7-11(10)14(17)16-13-9-5-4-8-12(13)15(18)19/h2-9H,1H3,(H,16,17)(H,18,19). The first-order chi connectivity index (χ1) is 9.09. The molecular formula is C15H13NO3. The molecule has 0 aliphatic heterocycles. The first kappa shape index (κ1) is 12.8. The SMILES string of the molecule is Cc1ccccc1C(=O)Nc1ccccc1C(=O)O. The Bertz CT molecular complexity index is 635. The van der Waals surface area contributed by atoms with Crippen molar-refractivity contribution in [2.24, 2.45) is 0 Å². The zero-order valence-electron chi connectivity index (χ0n) is 10.4. The molecule has 96 valence electrons. The van der Waals surface area contributed by atoms with Crippen molar-refractivity contribution in [3.63, 3.8) is 0 Å². The number of para-hydroxylation sites is 1. The van der Waals surface area contributed by atoms with Crippen LogP contribution in [0.3, 0.4) is 0 Å². The van der Waals surface area contributed by atoms with Crippen LogP contribution in [0.2, 0.25) is 0 Å². The van der Waals surface area contributed by atoms with Gasteiger partial charge in [0.15, 0.2) is 0 Å². The molecule has 4 heteroatoms. The van der Waals surface area contributed by atoms with Gasteiger partial charge in [-0.05, 0) is 30.7 Å². The number of hydrogen-bond donors (Lipinski definition) is 2. The van der Waals surface area contributed by atoms with Gasteiger partial charge < -0.3 is 10.4 Å². The molecule has 0 atom stereocenters. The molecule has 4 nitrogen and oxygen atoms in total. The monoisotopic (exact) mass is 255 g/mol. The number of aryl methyl sites for hydroxylation is 1. The average molecular weight is 255 g/mol. The third kappa shape index (κ3) is 2.80. The maximum atomic E-state index is 12.1. The summed E-state index contributed by atoms with van der Waals surface area (Å²) < 4.78 is 0. The summed E-state index contributed by atoms with van der Waals surface area (Å²) in [4.78, 5) is 23.2. The second-order valence-electron chi connectivity index (χ2n) is 4.12. The second-order valence-corrected chi connectivity index (χ2v) is 4.12. The summed E-state index contributed by atoms with van der Waals surface area (Å²) in [5.74, 6) is -1.38. The van der Waals surface area contributed by atoms with Crippen LogP contribution in [-0.4, -0.2) is 17.0 Å². The van der Waals surface area contributed by atoms with Gasteiger partial charge in [0.1, 0.15) is 0 Å².